The maximum absolute atomic E-state index is 11.8. The van der Waals surface area contributed by atoms with E-state index in [-0.39, 0.29) is 5.82 Å². The molecule has 0 aliphatic heterocycles. The first-order chi connectivity index (χ1) is 13.2. The Hall–Kier alpha value is -1.67. The molecule has 1 N–H and O–H groups in total. The van der Waals surface area contributed by atoms with Crippen LogP contribution in [0.5, 0.6) is 0 Å². The molecule has 152 valence electrons. The highest BCUT2D eigenvalue weighted by Crippen LogP contribution is 2.36. The van der Waals surface area contributed by atoms with Gasteiger partial charge in [0.2, 0.25) is 9.74 Å². The zero-order valence-corrected chi connectivity index (χ0v) is 18.1. The SMILES string of the molecule is CCOC(=O)c1ccc(-c2nc(NCCCN(C)C)nc(C(Cl)(Cl)Cl)n2)cc1. The van der Waals surface area contributed by atoms with Gasteiger partial charge in [-0.2, -0.15) is 9.97 Å². The summed E-state index contributed by atoms with van der Waals surface area (Å²) in [6.07, 6.45) is 0.894. The first kappa shape index (κ1) is 22.6. The van der Waals surface area contributed by atoms with Crippen molar-refractivity contribution in [1.29, 1.82) is 0 Å². The van der Waals surface area contributed by atoms with E-state index in [1.807, 2.05) is 14.1 Å². The van der Waals surface area contributed by atoms with Gasteiger partial charge in [-0.1, -0.05) is 46.9 Å². The molecule has 10 heteroatoms. The molecule has 2 rings (SSSR count). The third-order valence-electron chi connectivity index (χ3n) is 3.61. The van der Waals surface area contributed by atoms with Gasteiger partial charge in [0.15, 0.2) is 11.6 Å². The third-order valence-corrected chi connectivity index (χ3v) is 4.12. The third kappa shape index (κ3) is 6.74. The molecule has 0 spiro atoms. The largest absolute Gasteiger partial charge is 0.462 e. The lowest BCUT2D eigenvalue weighted by molar-refractivity contribution is 0.0526. The number of hydrogen-bond donors (Lipinski definition) is 1. The van der Waals surface area contributed by atoms with Gasteiger partial charge < -0.3 is 15.0 Å². The van der Waals surface area contributed by atoms with Crippen molar-refractivity contribution in [3.63, 3.8) is 0 Å². The Balaban J connectivity index is 2.27. The summed E-state index contributed by atoms with van der Waals surface area (Å²) in [7, 11) is 4.00. The number of nitrogens with zero attached hydrogens (tertiary/aromatic N) is 4. The number of ether oxygens (including phenoxy) is 1. The Kier molecular flexibility index (Phi) is 8.24. The molecular formula is C18H22Cl3N5O2. The smallest absolute Gasteiger partial charge is 0.338 e. The quantitative estimate of drug-likeness (QED) is 0.374. The fourth-order valence-corrected chi connectivity index (χ4v) is 2.53. The average Bonchev–Trinajstić information content (AvgIpc) is 2.64. The van der Waals surface area contributed by atoms with Crippen LogP contribution in [-0.4, -0.2) is 59.6 Å². The lowest BCUT2D eigenvalue weighted by Gasteiger charge is -2.14. The summed E-state index contributed by atoms with van der Waals surface area (Å²) < 4.78 is 3.19. The van der Waals surface area contributed by atoms with Crippen LogP contribution in [0.25, 0.3) is 11.4 Å². The highest BCUT2D eigenvalue weighted by molar-refractivity contribution is 6.66. The van der Waals surface area contributed by atoms with E-state index < -0.39 is 9.76 Å². The second-order valence-electron chi connectivity index (χ2n) is 6.19. The molecule has 2 aromatic rings. The van der Waals surface area contributed by atoms with Crippen molar-refractivity contribution < 1.29 is 9.53 Å². The number of carbonyl (C=O) groups is 1. The Morgan fingerprint density at radius 3 is 2.39 bits per heavy atom. The molecule has 1 aromatic heterocycles. The Morgan fingerprint density at radius 2 is 1.82 bits per heavy atom. The van der Waals surface area contributed by atoms with Crippen molar-refractivity contribution in [2.75, 3.05) is 39.1 Å². The van der Waals surface area contributed by atoms with E-state index in [0.717, 1.165) is 13.0 Å². The zero-order chi connectivity index (χ0) is 20.7. The second kappa shape index (κ2) is 10.2. The van der Waals surface area contributed by atoms with Crippen molar-refractivity contribution in [3.05, 3.63) is 35.7 Å². The van der Waals surface area contributed by atoms with Crippen molar-refractivity contribution in [3.8, 4) is 11.4 Å². The monoisotopic (exact) mass is 445 g/mol. The number of esters is 1. The molecule has 28 heavy (non-hydrogen) atoms. The minimum Gasteiger partial charge on any atom is -0.462 e. The van der Waals surface area contributed by atoms with Crippen LogP contribution in [0, 0.1) is 0 Å². The van der Waals surface area contributed by atoms with Crippen molar-refractivity contribution in [2.24, 2.45) is 0 Å². The van der Waals surface area contributed by atoms with Gasteiger partial charge in [-0.05, 0) is 46.1 Å². The van der Waals surface area contributed by atoms with Crippen molar-refractivity contribution >= 4 is 46.7 Å². The molecule has 1 aromatic carbocycles. The van der Waals surface area contributed by atoms with E-state index in [1.165, 1.54) is 0 Å². The standard InChI is InChI=1S/C18H22Cl3N5O2/c1-4-28-15(27)13-8-6-12(7-9-13)14-23-16(18(19,20)21)25-17(24-14)22-10-5-11-26(2)3/h6-9H,4-5,10-11H2,1-3H3,(H,22,23,24,25). The lowest BCUT2D eigenvalue weighted by Crippen LogP contribution is -2.18. The number of rotatable bonds is 8. The molecule has 0 bridgehead atoms. The molecule has 0 saturated heterocycles. The molecule has 0 atom stereocenters. The number of nitrogens with one attached hydrogen (secondary N) is 1. The van der Waals surface area contributed by atoms with Gasteiger partial charge in [0.05, 0.1) is 12.2 Å². The first-order valence-corrected chi connectivity index (χ1v) is 9.83. The van der Waals surface area contributed by atoms with Gasteiger partial charge in [0.1, 0.15) is 0 Å². The Labute approximate surface area is 179 Å². The fourth-order valence-electron chi connectivity index (χ4n) is 2.28. The van der Waals surface area contributed by atoms with E-state index >= 15 is 0 Å². The van der Waals surface area contributed by atoms with Crippen LogP contribution >= 0.6 is 34.8 Å². The number of benzene rings is 1. The molecule has 0 aliphatic carbocycles. The van der Waals surface area contributed by atoms with E-state index in [1.54, 1.807) is 31.2 Å². The van der Waals surface area contributed by atoms with Gasteiger partial charge in [-0.15, -0.1) is 0 Å². The summed E-state index contributed by atoms with van der Waals surface area (Å²) in [6.45, 7) is 3.63. The molecule has 0 radical (unpaired) electrons. The van der Waals surface area contributed by atoms with Crippen molar-refractivity contribution in [2.45, 2.75) is 17.1 Å². The van der Waals surface area contributed by atoms with E-state index in [2.05, 4.69) is 25.2 Å². The van der Waals surface area contributed by atoms with E-state index in [0.29, 0.717) is 36.1 Å². The van der Waals surface area contributed by atoms with E-state index in [9.17, 15) is 4.79 Å². The number of carbonyl (C=O) groups excluding carboxylic acids is 1. The minimum atomic E-state index is -1.79. The lowest BCUT2D eigenvalue weighted by atomic mass is 10.1. The zero-order valence-electron chi connectivity index (χ0n) is 15.9. The molecule has 0 fully saturated rings. The maximum Gasteiger partial charge on any atom is 0.338 e. The van der Waals surface area contributed by atoms with E-state index in [4.69, 9.17) is 39.5 Å². The summed E-state index contributed by atoms with van der Waals surface area (Å²) in [6, 6.07) is 6.69. The highest BCUT2D eigenvalue weighted by atomic mass is 35.6. The van der Waals surface area contributed by atoms with Crippen LogP contribution in [-0.2, 0) is 8.53 Å². The summed E-state index contributed by atoms with van der Waals surface area (Å²) in [5.41, 5.74) is 1.09. The van der Waals surface area contributed by atoms with Gasteiger partial charge in [-0.3, -0.25) is 0 Å². The van der Waals surface area contributed by atoms with Crippen LogP contribution in [0.4, 0.5) is 5.95 Å². The number of alkyl halides is 3. The number of hydrogen-bond acceptors (Lipinski definition) is 7. The van der Waals surface area contributed by atoms with Gasteiger partial charge >= 0.3 is 5.97 Å². The summed E-state index contributed by atoms with van der Waals surface area (Å²) in [5.74, 6) is 0.281. The molecule has 7 nitrogen and oxygen atoms in total. The minimum absolute atomic E-state index is 0.0204. The Morgan fingerprint density at radius 1 is 1.14 bits per heavy atom. The van der Waals surface area contributed by atoms with Crippen LogP contribution in [0.1, 0.15) is 29.5 Å². The molecule has 1 heterocycles. The second-order valence-corrected chi connectivity index (χ2v) is 8.47. The van der Waals surface area contributed by atoms with Crippen LogP contribution in [0.3, 0.4) is 0 Å². The number of aromatic nitrogens is 3. The molecular weight excluding hydrogens is 425 g/mol. The average molecular weight is 447 g/mol. The predicted molar refractivity (Wildman–Crippen MR) is 112 cm³/mol. The Bertz CT molecular complexity index is 795. The number of halogens is 3. The predicted octanol–water partition coefficient (Wildman–Crippen LogP) is 3.91. The van der Waals surface area contributed by atoms with Crippen LogP contribution < -0.4 is 5.32 Å². The molecule has 0 unspecified atom stereocenters. The maximum atomic E-state index is 11.8. The van der Waals surface area contributed by atoms with Crippen molar-refractivity contribution in [1.82, 2.24) is 19.9 Å². The fraction of sp³-hybridized carbons (Fsp3) is 0.444. The summed E-state index contributed by atoms with van der Waals surface area (Å²) in [5, 5.41) is 3.13. The highest BCUT2D eigenvalue weighted by Gasteiger charge is 2.28. The topological polar surface area (TPSA) is 80.2 Å². The normalized spacial score (nSPS) is 11.5. The molecule has 0 amide bonds. The summed E-state index contributed by atoms with van der Waals surface area (Å²) in [4.78, 5) is 26.7. The first-order valence-electron chi connectivity index (χ1n) is 8.70. The van der Waals surface area contributed by atoms with Crippen LogP contribution in [0.15, 0.2) is 24.3 Å². The van der Waals surface area contributed by atoms with Gasteiger partial charge in [-0.25, -0.2) is 9.78 Å². The molecule has 0 saturated carbocycles. The van der Waals surface area contributed by atoms with Crippen LogP contribution in [0.2, 0.25) is 0 Å². The number of anilines is 1. The van der Waals surface area contributed by atoms with Gasteiger partial charge in [0, 0.05) is 12.1 Å². The molecule has 0 aliphatic rings. The summed E-state index contributed by atoms with van der Waals surface area (Å²) >= 11 is 17.9. The van der Waals surface area contributed by atoms with Gasteiger partial charge in [0.25, 0.3) is 0 Å².